The van der Waals surface area contributed by atoms with Crippen molar-refractivity contribution in [2.24, 2.45) is 0 Å². The maximum absolute atomic E-state index is 14.0. The van der Waals surface area contributed by atoms with E-state index in [0.717, 1.165) is 10.0 Å². The Morgan fingerprint density at radius 3 is 2.35 bits per heavy atom. The maximum Gasteiger partial charge on any atom is 0.127 e. The summed E-state index contributed by atoms with van der Waals surface area (Å²) >= 11 is 3.29. The Labute approximate surface area is 128 Å². The molecule has 0 amide bonds. The van der Waals surface area contributed by atoms with Gasteiger partial charge < -0.3 is 5.32 Å². The van der Waals surface area contributed by atoms with Crippen molar-refractivity contribution in [2.45, 2.75) is 26.3 Å². The lowest BCUT2D eigenvalue weighted by molar-refractivity contribution is 0.550. The van der Waals surface area contributed by atoms with Crippen LogP contribution < -0.4 is 5.32 Å². The van der Waals surface area contributed by atoms with E-state index in [-0.39, 0.29) is 11.9 Å². The topological polar surface area (TPSA) is 12.0 Å². The van der Waals surface area contributed by atoms with E-state index in [0.29, 0.717) is 6.42 Å². The molecule has 0 fully saturated rings. The third-order valence-corrected chi connectivity index (χ3v) is 4.17. The summed E-state index contributed by atoms with van der Waals surface area (Å²) in [5.74, 6) is -0.161. The van der Waals surface area contributed by atoms with Gasteiger partial charge in [-0.2, -0.15) is 0 Å². The van der Waals surface area contributed by atoms with Crippen molar-refractivity contribution in [3.8, 4) is 0 Å². The zero-order chi connectivity index (χ0) is 14.7. The number of hydrogen-bond donors (Lipinski definition) is 1. The van der Waals surface area contributed by atoms with Crippen molar-refractivity contribution in [1.82, 2.24) is 5.32 Å². The average molecular weight is 336 g/mol. The van der Waals surface area contributed by atoms with Crippen molar-refractivity contribution < 1.29 is 4.39 Å². The maximum atomic E-state index is 14.0. The summed E-state index contributed by atoms with van der Waals surface area (Å²) in [5.41, 5.74) is 4.47. The van der Waals surface area contributed by atoms with Gasteiger partial charge in [0, 0.05) is 10.5 Å². The molecule has 0 aliphatic carbocycles. The first-order valence-corrected chi connectivity index (χ1v) is 7.49. The van der Waals surface area contributed by atoms with Crippen LogP contribution in [0.25, 0.3) is 0 Å². The second-order valence-electron chi connectivity index (χ2n) is 5.09. The molecule has 20 heavy (non-hydrogen) atoms. The molecule has 0 radical (unpaired) electrons. The van der Waals surface area contributed by atoms with E-state index in [1.54, 1.807) is 0 Å². The van der Waals surface area contributed by atoms with E-state index in [1.807, 2.05) is 19.2 Å². The molecule has 1 nitrogen and oxygen atoms in total. The van der Waals surface area contributed by atoms with Crippen LogP contribution in [-0.4, -0.2) is 7.05 Å². The average Bonchev–Trinajstić information content (AvgIpc) is 2.39. The molecule has 1 N–H and O–H groups in total. The molecule has 0 heterocycles. The Morgan fingerprint density at radius 1 is 1.15 bits per heavy atom. The predicted molar refractivity (Wildman–Crippen MR) is 85.5 cm³/mol. The van der Waals surface area contributed by atoms with Gasteiger partial charge in [0.1, 0.15) is 5.82 Å². The quantitative estimate of drug-likeness (QED) is 0.853. The number of nitrogens with one attached hydrogen (secondary N) is 1. The first kappa shape index (κ1) is 15.2. The summed E-state index contributed by atoms with van der Waals surface area (Å²) in [6.07, 6.45) is 0.640. The molecule has 2 rings (SSSR count). The van der Waals surface area contributed by atoms with Crippen LogP contribution >= 0.6 is 15.9 Å². The van der Waals surface area contributed by atoms with E-state index in [9.17, 15) is 4.39 Å². The molecular weight excluding hydrogens is 317 g/mol. The smallest absolute Gasteiger partial charge is 0.127 e. The molecule has 0 aliphatic rings. The lowest BCUT2D eigenvalue weighted by Gasteiger charge is -2.21. The Morgan fingerprint density at radius 2 is 1.80 bits per heavy atom. The van der Waals surface area contributed by atoms with Gasteiger partial charge in [0.05, 0.1) is 0 Å². The van der Waals surface area contributed by atoms with E-state index in [4.69, 9.17) is 0 Å². The summed E-state index contributed by atoms with van der Waals surface area (Å²) in [6.45, 7) is 4.20. The van der Waals surface area contributed by atoms with Crippen LogP contribution in [0.15, 0.2) is 40.9 Å². The molecule has 0 saturated carbocycles. The Hall–Kier alpha value is -1.19. The van der Waals surface area contributed by atoms with Crippen LogP contribution in [0.4, 0.5) is 4.39 Å². The summed E-state index contributed by atoms with van der Waals surface area (Å²) in [6, 6.07) is 11.6. The van der Waals surface area contributed by atoms with Crippen LogP contribution in [0.5, 0.6) is 0 Å². The van der Waals surface area contributed by atoms with Crippen molar-refractivity contribution >= 4 is 15.9 Å². The molecule has 2 aromatic rings. The SMILES string of the molecule is CNC(Cc1ccc(Br)cc1F)c1c(C)cccc1C. The second kappa shape index (κ2) is 6.51. The zero-order valence-corrected chi connectivity index (χ0v) is 13.6. The highest BCUT2D eigenvalue weighted by atomic mass is 79.9. The molecule has 2 aromatic carbocycles. The normalized spacial score (nSPS) is 12.4. The number of aryl methyl sites for hydroxylation is 2. The van der Waals surface area contributed by atoms with Crippen LogP contribution in [0.1, 0.15) is 28.3 Å². The highest BCUT2D eigenvalue weighted by Crippen LogP contribution is 2.26. The van der Waals surface area contributed by atoms with Crippen molar-refractivity contribution in [1.29, 1.82) is 0 Å². The van der Waals surface area contributed by atoms with Crippen LogP contribution in [0, 0.1) is 19.7 Å². The van der Waals surface area contributed by atoms with Crippen LogP contribution in [0.2, 0.25) is 0 Å². The van der Waals surface area contributed by atoms with Crippen LogP contribution in [0.3, 0.4) is 0 Å². The van der Waals surface area contributed by atoms with Crippen molar-refractivity contribution in [3.63, 3.8) is 0 Å². The first-order valence-electron chi connectivity index (χ1n) is 6.70. The number of benzene rings is 2. The molecule has 0 aliphatic heterocycles. The van der Waals surface area contributed by atoms with Gasteiger partial charge >= 0.3 is 0 Å². The van der Waals surface area contributed by atoms with Crippen molar-refractivity contribution in [2.75, 3.05) is 7.05 Å². The second-order valence-corrected chi connectivity index (χ2v) is 6.00. The van der Waals surface area contributed by atoms with Gasteiger partial charge in [0.25, 0.3) is 0 Å². The van der Waals surface area contributed by atoms with E-state index in [1.165, 1.54) is 22.8 Å². The molecule has 0 spiro atoms. The van der Waals surface area contributed by atoms with E-state index >= 15 is 0 Å². The number of likely N-dealkylation sites (N-methyl/N-ethyl adjacent to an activating group) is 1. The van der Waals surface area contributed by atoms with E-state index < -0.39 is 0 Å². The summed E-state index contributed by atoms with van der Waals surface area (Å²) in [4.78, 5) is 0. The van der Waals surface area contributed by atoms with Gasteiger partial charge in [-0.25, -0.2) is 4.39 Å². The number of hydrogen-bond acceptors (Lipinski definition) is 1. The summed E-state index contributed by atoms with van der Waals surface area (Å²) < 4.78 is 14.8. The highest BCUT2D eigenvalue weighted by Gasteiger charge is 2.16. The van der Waals surface area contributed by atoms with Gasteiger partial charge in [0.15, 0.2) is 0 Å². The van der Waals surface area contributed by atoms with Gasteiger partial charge in [-0.3, -0.25) is 0 Å². The fourth-order valence-electron chi connectivity index (χ4n) is 2.63. The summed E-state index contributed by atoms with van der Waals surface area (Å²) in [7, 11) is 1.92. The van der Waals surface area contributed by atoms with Crippen molar-refractivity contribution in [3.05, 3.63) is 68.9 Å². The molecule has 0 aromatic heterocycles. The molecular formula is C17H19BrFN. The first-order chi connectivity index (χ1) is 9.52. The Balaban J connectivity index is 2.34. The largest absolute Gasteiger partial charge is 0.313 e. The lowest BCUT2D eigenvalue weighted by Crippen LogP contribution is -2.21. The minimum atomic E-state index is -0.161. The fourth-order valence-corrected chi connectivity index (χ4v) is 2.97. The Bertz CT molecular complexity index is 590. The molecule has 1 atom stereocenters. The third-order valence-electron chi connectivity index (χ3n) is 3.68. The third kappa shape index (κ3) is 3.28. The molecule has 0 saturated heterocycles. The minimum Gasteiger partial charge on any atom is -0.313 e. The van der Waals surface area contributed by atoms with Gasteiger partial charge in [-0.15, -0.1) is 0 Å². The number of halogens is 2. The van der Waals surface area contributed by atoms with Gasteiger partial charge in [0.2, 0.25) is 0 Å². The molecule has 0 bridgehead atoms. The predicted octanol–water partition coefficient (Wildman–Crippen LogP) is 4.71. The van der Waals surface area contributed by atoms with Crippen LogP contribution in [-0.2, 0) is 6.42 Å². The molecule has 1 unspecified atom stereocenters. The highest BCUT2D eigenvalue weighted by molar-refractivity contribution is 9.10. The standard InChI is InChI=1S/C17H19BrFN/c1-11-5-4-6-12(2)17(11)16(20-3)9-13-7-8-14(18)10-15(13)19/h4-8,10,16,20H,9H2,1-3H3. The zero-order valence-electron chi connectivity index (χ0n) is 12.0. The molecule has 3 heteroatoms. The van der Waals surface area contributed by atoms with E-state index in [2.05, 4.69) is 53.3 Å². The van der Waals surface area contributed by atoms with Gasteiger partial charge in [-0.1, -0.05) is 40.2 Å². The lowest BCUT2D eigenvalue weighted by atomic mass is 9.92. The fraction of sp³-hybridized carbons (Fsp3) is 0.294. The van der Waals surface area contributed by atoms with Gasteiger partial charge in [-0.05, 0) is 61.7 Å². The Kier molecular flexibility index (Phi) is 4.95. The number of rotatable bonds is 4. The molecule has 106 valence electrons. The monoisotopic (exact) mass is 335 g/mol. The summed E-state index contributed by atoms with van der Waals surface area (Å²) in [5, 5.41) is 3.31. The minimum absolute atomic E-state index is 0.117.